The molecule has 148 valence electrons. The van der Waals surface area contributed by atoms with Crippen LogP contribution in [0.3, 0.4) is 0 Å². The van der Waals surface area contributed by atoms with Gasteiger partial charge in [-0.3, -0.25) is 19.0 Å². The van der Waals surface area contributed by atoms with Crippen LogP contribution in [0.4, 0.5) is 13.2 Å². The first kappa shape index (κ1) is 19.6. The maximum absolute atomic E-state index is 13.0. The summed E-state index contributed by atoms with van der Waals surface area (Å²) < 4.78 is 39.9. The maximum atomic E-state index is 13.0. The predicted molar refractivity (Wildman–Crippen MR) is 90.3 cm³/mol. The van der Waals surface area contributed by atoms with Gasteiger partial charge in [0, 0.05) is 11.4 Å². The summed E-state index contributed by atoms with van der Waals surface area (Å²) in [6, 6.07) is 4.81. The number of amides is 1. The average molecular weight is 396 g/mol. The fraction of sp³-hybridized carbons (Fsp3) is 0.278. The quantitative estimate of drug-likeness (QED) is 0.862. The molecular formula is C18H15F3N2O5. The van der Waals surface area contributed by atoms with E-state index in [-0.39, 0.29) is 23.5 Å². The summed E-state index contributed by atoms with van der Waals surface area (Å²) in [4.78, 5) is 42.0. The summed E-state index contributed by atoms with van der Waals surface area (Å²) in [5.74, 6) is -2.26. The van der Waals surface area contributed by atoms with Crippen LogP contribution in [0.2, 0.25) is 0 Å². The molecule has 28 heavy (non-hydrogen) atoms. The summed E-state index contributed by atoms with van der Waals surface area (Å²) in [5, 5.41) is 10.4. The van der Waals surface area contributed by atoms with E-state index in [1.54, 1.807) is 0 Å². The first-order chi connectivity index (χ1) is 13.1. The van der Waals surface area contributed by atoms with Crippen LogP contribution < -0.4 is 5.56 Å². The summed E-state index contributed by atoms with van der Waals surface area (Å²) in [5.41, 5.74) is -3.11. The Morgan fingerprint density at radius 1 is 1.18 bits per heavy atom. The van der Waals surface area contributed by atoms with Crippen molar-refractivity contribution in [3.8, 4) is 5.69 Å². The standard InChI is InChI=1S/C18H15F3N2O5/c1-10-13(15(24)22-6-3-7-28-22)9-14(17(26)27)16(25)23(10)12-5-2-4-11(8-12)18(19,20)21/h2,4-5,8-9H,3,6-7H2,1H3,(H,26,27). The first-order valence-electron chi connectivity index (χ1n) is 8.23. The average Bonchev–Trinajstić information content (AvgIpc) is 3.15. The number of rotatable bonds is 3. The lowest BCUT2D eigenvalue weighted by Crippen LogP contribution is -2.33. The molecule has 1 aliphatic heterocycles. The van der Waals surface area contributed by atoms with Gasteiger partial charge in [-0.15, -0.1) is 0 Å². The van der Waals surface area contributed by atoms with Gasteiger partial charge in [0.15, 0.2) is 0 Å². The van der Waals surface area contributed by atoms with Crippen molar-refractivity contribution >= 4 is 11.9 Å². The van der Waals surface area contributed by atoms with Gasteiger partial charge < -0.3 is 5.11 Å². The van der Waals surface area contributed by atoms with Crippen LogP contribution in [0.25, 0.3) is 5.69 Å². The Morgan fingerprint density at radius 3 is 2.46 bits per heavy atom. The van der Waals surface area contributed by atoms with Gasteiger partial charge in [-0.05, 0) is 37.6 Å². The molecule has 0 bridgehead atoms. The summed E-state index contributed by atoms with van der Waals surface area (Å²) in [6.45, 7) is 1.95. The van der Waals surface area contributed by atoms with E-state index in [1.165, 1.54) is 13.0 Å². The van der Waals surface area contributed by atoms with Gasteiger partial charge in [0.2, 0.25) is 0 Å². The van der Waals surface area contributed by atoms with Crippen LogP contribution in [0.15, 0.2) is 35.1 Å². The van der Waals surface area contributed by atoms with Gasteiger partial charge in [0.05, 0.1) is 24.3 Å². The van der Waals surface area contributed by atoms with E-state index in [1.807, 2.05) is 0 Å². The molecule has 0 spiro atoms. The van der Waals surface area contributed by atoms with E-state index in [0.717, 1.165) is 33.9 Å². The Morgan fingerprint density at radius 2 is 1.89 bits per heavy atom. The zero-order valence-electron chi connectivity index (χ0n) is 14.6. The smallest absolute Gasteiger partial charge is 0.416 e. The highest BCUT2D eigenvalue weighted by atomic mass is 19.4. The van der Waals surface area contributed by atoms with Crippen molar-refractivity contribution in [3.63, 3.8) is 0 Å². The minimum absolute atomic E-state index is 0.00910. The lowest BCUT2D eigenvalue weighted by Gasteiger charge is -2.19. The zero-order chi connectivity index (χ0) is 20.6. The van der Waals surface area contributed by atoms with Crippen molar-refractivity contribution < 1.29 is 32.7 Å². The second kappa shape index (κ2) is 7.12. The van der Waals surface area contributed by atoms with Crippen LogP contribution in [0, 0.1) is 6.92 Å². The summed E-state index contributed by atoms with van der Waals surface area (Å²) in [7, 11) is 0. The molecule has 0 aliphatic carbocycles. The first-order valence-corrected chi connectivity index (χ1v) is 8.23. The molecule has 0 unspecified atom stereocenters. The van der Waals surface area contributed by atoms with E-state index in [0.29, 0.717) is 13.0 Å². The van der Waals surface area contributed by atoms with Gasteiger partial charge >= 0.3 is 12.1 Å². The molecule has 1 N–H and O–H groups in total. The Kier molecular flexibility index (Phi) is 4.99. The number of nitrogens with zero attached hydrogens (tertiary/aromatic N) is 2. The number of pyridine rings is 1. The minimum Gasteiger partial charge on any atom is -0.477 e. The highest BCUT2D eigenvalue weighted by molar-refractivity contribution is 5.98. The van der Waals surface area contributed by atoms with Gasteiger partial charge in [0.1, 0.15) is 5.56 Å². The van der Waals surface area contributed by atoms with Crippen molar-refractivity contribution in [3.05, 3.63) is 63.1 Å². The van der Waals surface area contributed by atoms with Crippen LogP contribution in [0.1, 0.15) is 38.4 Å². The van der Waals surface area contributed by atoms with Crippen LogP contribution in [0.5, 0.6) is 0 Å². The van der Waals surface area contributed by atoms with Crippen LogP contribution >= 0.6 is 0 Å². The molecule has 0 saturated carbocycles. The van der Waals surface area contributed by atoms with Crippen molar-refractivity contribution in [2.45, 2.75) is 19.5 Å². The molecule has 7 nitrogen and oxygen atoms in total. The number of carbonyl (C=O) groups excluding carboxylic acids is 1. The van der Waals surface area contributed by atoms with Gasteiger partial charge in [0.25, 0.3) is 11.5 Å². The Bertz CT molecular complexity index is 1010. The normalized spacial score (nSPS) is 14.4. The molecule has 1 aliphatic rings. The second-order valence-corrected chi connectivity index (χ2v) is 6.14. The Balaban J connectivity index is 2.25. The molecular weight excluding hydrogens is 381 g/mol. The van der Waals surface area contributed by atoms with E-state index < -0.39 is 34.7 Å². The number of carboxylic acids is 1. The molecule has 1 aromatic carbocycles. The van der Waals surface area contributed by atoms with Crippen LogP contribution in [-0.4, -0.2) is 39.8 Å². The third kappa shape index (κ3) is 3.50. The number of halogens is 3. The summed E-state index contributed by atoms with van der Waals surface area (Å²) >= 11 is 0. The van der Waals surface area contributed by atoms with E-state index in [9.17, 15) is 32.7 Å². The van der Waals surface area contributed by atoms with Gasteiger partial charge in [-0.1, -0.05) is 6.07 Å². The number of aromatic carboxylic acids is 1. The number of hydrogen-bond acceptors (Lipinski definition) is 4. The fourth-order valence-corrected chi connectivity index (χ4v) is 2.95. The number of carbonyl (C=O) groups is 2. The number of carboxylic acid groups (broad SMARTS) is 1. The maximum Gasteiger partial charge on any atom is 0.416 e. The van der Waals surface area contributed by atoms with Crippen molar-refractivity contribution in [1.29, 1.82) is 0 Å². The highest BCUT2D eigenvalue weighted by Gasteiger charge is 2.31. The zero-order valence-corrected chi connectivity index (χ0v) is 14.6. The molecule has 0 atom stereocenters. The van der Waals surface area contributed by atoms with Crippen molar-refractivity contribution in [1.82, 2.24) is 9.63 Å². The van der Waals surface area contributed by atoms with E-state index in [2.05, 4.69) is 0 Å². The van der Waals surface area contributed by atoms with E-state index in [4.69, 9.17) is 4.84 Å². The lowest BCUT2D eigenvalue weighted by atomic mass is 10.1. The van der Waals surface area contributed by atoms with Gasteiger partial charge in [-0.2, -0.15) is 13.2 Å². The third-order valence-corrected chi connectivity index (χ3v) is 4.32. The molecule has 1 saturated heterocycles. The SMILES string of the molecule is Cc1c(C(=O)N2CCCO2)cc(C(=O)O)c(=O)n1-c1cccc(C(F)(F)F)c1. The largest absolute Gasteiger partial charge is 0.477 e. The molecule has 1 amide bonds. The van der Waals surface area contributed by atoms with Crippen LogP contribution in [-0.2, 0) is 11.0 Å². The van der Waals surface area contributed by atoms with Gasteiger partial charge in [-0.25, -0.2) is 9.86 Å². The molecule has 2 aromatic rings. The summed E-state index contributed by atoms with van der Waals surface area (Å²) in [6.07, 6.45) is -4.07. The number of benzene rings is 1. The molecule has 1 fully saturated rings. The Hall–Kier alpha value is -3.14. The molecule has 1 aromatic heterocycles. The number of alkyl halides is 3. The highest BCUT2D eigenvalue weighted by Crippen LogP contribution is 2.30. The molecule has 3 rings (SSSR count). The van der Waals surface area contributed by atoms with E-state index >= 15 is 0 Å². The Labute approximate surface area is 156 Å². The second-order valence-electron chi connectivity index (χ2n) is 6.14. The number of hydroxylamine groups is 2. The number of aromatic nitrogens is 1. The lowest BCUT2D eigenvalue weighted by molar-refractivity contribution is -0.137. The third-order valence-electron chi connectivity index (χ3n) is 4.32. The minimum atomic E-state index is -4.65. The topological polar surface area (TPSA) is 88.8 Å². The molecule has 2 heterocycles. The molecule has 10 heteroatoms. The fourth-order valence-electron chi connectivity index (χ4n) is 2.95. The molecule has 0 radical (unpaired) electrons. The monoisotopic (exact) mass is 396 g/mol. The predicted octanol–water partition coefficient (Wildman–Crippen LogP) is 2.64. The number of hydrogen-bond donors (Lipinski definition) is 1. The van der Waals surface area contributed by atoms with Crippen molar-refractivity contribution in [2.75, 3.05) is 13.2 Å². The van der Waals surface area contributed by atoms with Crippen molar-refractivity contribution in [2.24, 2.45) is 0 Å².